The molecule has 2 aliphatic rings. The van der Waals surface area contributed by atoms with Crippen molar-refractivity contribution in [3.63, 3.8) is 0 Å². The van der Waals surface area contributed by atoms with E-state index in [1.165, 1.54) is 0 Å². The van der Waals surface area contributed by atoms with Gasteiger partial charge >= 0.3 is 0 Å². The molecule has 1 aliphatic heterocycles. The first-order valence-electron chi connectivity index (χ1n) is 9.65. The number of hydrogen-bond acceptors (Lipinski definition) is 5. The highest BCUT2D eigenvalue weighted by molar-refractivity contribution is 5.78. The van der Waals surface area contributed by atoms with Crippen LogP contribution in [0.3, 0.4) is 0 Å². The molecule has 2 aromatic rings. The van der Waals surface area contributed by atoms with Gasteiger partial charge in [0.1, 0.15) is 0 Å². The lowest BCUT2D eigenvalue weighted by atomic mass is 9.87. The molecule has 27 heavy (non-hydrogen) atoms. The van der Waals surface area contributed by atoms with Gasteiger partial charge in [-0.3, -0.25) is 15.0 Å². The molecule has 0 radical (unpaired) electrons. The van der Waals surface area contributed by atoms with Crippen LogP contribution < -0.4 is 10.6 Å². The highest BCUT2D eigenvalue weighted by Crippen LogP contribution is 2.41. The molecule has 2 unspecified atom stereocenters. The Labute approximate surface area is 159 Å². The number of anilines is 1. The maximum atomic E-state index is 13.5. The van der Waals surface area contributed by atoms with E-state index in [1.54, 1.807) is 6.08 Å². The van der Waals surface area contributed by atoms with Gasteiger partial charge in [-0.15, -0.1) is 0 Å². The molecule has 0 amide bonds. The van der Waals surface area contributed by atoms with Crippen molar-refractivity contribution in [1.29, 1.82) is 0 Å². The van der Waals surface area contributed by atoms with Gasteiger partial charge in [0.05, 0.1) is 5.83 Å². The van der Waals surface area contributed by atoms with Crippen LogP contribution in [0.2, 0.25) is 0 Å². The van der Waals surface area contributed by atoms with Crippen molar-refractivity contribution in [2.75, 3.05) is 38.1 Å². The van der Waals surface area contributed by atoms with Gasteiger partial charge in [-0.2, -0.15) is 5.10 Å². The smallest absolute Gasteiger partial charge is 0.158 e. The van der Waals surface area contributed by atoms with Crippen LogP contribution in [0.5, 0.6) is 0 Å². The number of allylic oxidation sites excluding steroid dienone is 2. The van der Waals surface area contributed by atoms with Crippen molar-refractivity contribution in [2.45, 2.75) is 31.2 Å². The number of piperazine rings is 1. The predicted molar refractivity (Wildman–Crippen MR) is 105 cm³/mol. The molecular weight excluding hydrogens is 343 g/mol. The molecule has 1 fully saturated rings. The Morgan fingerprint density at radius 3 is 2.81 bits per heavy atom. The minimum absolute atomic E-state index is 0.00121. The number of pyridine rings is 1. The van der Waals surface area contributed by atoms with Crippen LogP contribution in [0.25, 0.3) is 11.1 Å². The Hall–Kier alpha value is -2.25. The third-order valence-corrected chi connectivity index (χ3v) is 5.86. The molecular formula is C20H27FN6. The summed E-state index contributed by atoms with van der Waals surface area (Å²) < 4.78 is 13.5. The number of H-pyrrole nitrogens is 1. The number of aromatic nitrogens is 3. The number of halogens is 1. The second kappa shape index (κ2) is 7.78. The van der Waals surface area contributed by atoms with Crippen LogP contribution in [-0.4, -0.2) is 59.3 Å². The molecule has 1 saturated heterocycles. The van der Waals surface area contributed by atoms with Crippen LogP contribution in [0.1, 0.15) is 30.9 Å². The van der Waals surface area contributed by atoms with E-state index in [4.69, 9.17) is 10.8 Å². The molecule has 0 bridgehead atoms. The van der Waals surface area contributed by atoms with Gasteiger partial charge in [-0.25, -0.2) is 4.39 Å². The summed E-state index contributed by atoms with van der Waals surface area (Å²) in [7, 11) is 2.12. The Bertz CT molecular complexity index is 802. The van der Waals surface area contributed by atoms with Gasteiger partial charge in [0.2, 0.25) is 0 Å². The zero-order chi connectivity index (χ0) is 18.8. The fraction of sp³-hybridized carbons (Fsp3) is 0.500. The minimum Gasteiger partial charge on any atom is -0.352 e. The van der Waals surface area contributed by atoms with Crippen LogP contribution in [-0.2, 0) is 0 Å². The van der Waals surface area contributed by atoms with E-state index >= 15 is 0 Å². The standard InChI is InChI=1S/C20H27FN6/c1-26-10-11-27(13-17(26)12-22)20-18(14-6-8-23-9-7-14)19(24-25-20)15-2-4-16(21)5-3-15/h4,6-9,15,17H,2-3,5,10-13,22H2,1H3,(H,24,25). The van der Waals surface area contributed by atoms with E-state index in [0.29, 0.717) is 25.4 Å². The maximum Gasteiger partial charge on any atom is 0.158 e. The zero-order valence-corrected chi connectivity index (χ0v) is 15.7. The summed E-state index contributed by atoms with van der Waals surface area (Å²) in [5.74, 6) is 1.23. The second-order valence-corrected chi connectivity index (χ2v) is 7.51. The molecule has 3 heterocycles. The molecule has 3 N–H and O–H groups in total. The number of likely N-dealkylation sites (N-methyl/N-ethyl adjacent to an activating group) is 1. The molecule has 0 spiro atoms. The second-order valence-electron chi connectivity index (χ2n) is 7.51. The van der Waals surface area contributed by atoms with E-state index in [2.05, 4.69) is 26.9 Å². The van der Waals surface area contributed by atoms with Gasteiger partial charge < -0.3 is 10.6 Å². The molecule has 1 aliphatic carbocycles. The zero-order valence-electron chi connectivity index (χ0n) is 15.7. The van der Waals surface area contributed by atoms with Crippen molar-refractivity contribution in [3.8, 4) is 11.1 Å². The molecule has 4 rings (SSSR count). The Balaban J connectivity index is 1.72. The molecule has 2 aromatic heterocycles. The fourth-order valence-corrected chi connectivity index (χ4v) is 4.13. The average molecular weight is 370 g/mol. The number of aromatic amines is 1. The number of rotatable bonds is 4. The van der Waals surface area contributed by atoms with Gasteiger partial charge in [-0.05, 0) is 44.0 Å². The summed E-state index contributed by atoms with van der Waals surface area (Å²) in [4.78, 5) is 8.79. The van der Waals surface area contributed by atoms with E-state index in [1.807, 2.05) is 24.5 Å². The summed E-state index contributed by atoms with van der Waals surface area (Å²) in [6.45, 7) is 3.35. The van der Waals surface area contributed by atoms with E-state index < -0.39 is 0 Å². The average Bonchev–Trinajstić information content (AvgIpc) is 3.14. The van der Waals surface area contributed by atoms with Crippen LogP contribution in [0.4, 0.5) is 10.2 Å². The fourth-order valence-electron chi connectivity index (χ4n) is 4.13. The Kier molecular flexibility index (Phi) is 5.22. The van der Waals surface area contributed by atoms with Gasteiger partial charge in [-0.1, -0.05) is 6.08 Å². The first kappa shape index (κ1) is 18.1. The van der Waals surface area contributed by atoms with Crippen LogP contribution >= 0.6 is 0 Å². The first-order valence-corrected chi connectivity index (χ1v) is 9.65. The normalized spacial score (nSPS) is 24.1. The summed E-state index contributed by atoms with van der Waals surface area (Å²) in [5, 5.41) is 8.00. The lowest BCUT2D eigenvalue weighted by Crippen LogP contribution is -2.54. The summed E-state index contributed by atoms with van der Waals surface area (Å²) in [5.41, 5.74) is 9.29. The number of hydrogen-bond donors (Lipinski definition) is 2. The van der Waals surface area contributed by atoms with Gasteiger partial charge in [0.25, 0.3) is 0 Å². The van der Waals surface area contributed by atoms with Crippen LogP contribution in [0.15, 0.2) is 36.4 Å². The Morgan fingerprint density at radius 2 is 2.11 bits per heavy atom. The van der Waals surface area contributed by atoms with E-state index in [9.17, 15) is 4.39 Å². The van der Waals surface area contributed by atoms with Crippen molar-refractivity contribution in [3.05, 3.63) is 42.1 Å². The minimum atomic E-state index is 0.00121. The summed E-state index contributed by atoms with van der Waals surface area (Å²) in [6.07, 6.45) is 7.34. The highest BCUT2D eigenvalue weighted by atomic mass is 19.1. The van der Waals surface area contributed by atoms with E-state index in [-0.39, 0.29) is 11.7 Å². The lowest BCUT2D eigenvalue weighted by Gasteiger charge is -2.39. The van der Waals surface area contributed by atoms with E-state index in [0.717, 1.165) is 48.7 Å². The Morgan fingerprint density at radius 1 is 1.30 bits per heavy atom. The van der Waals surface area contributed by atoms with Gasteiger partial charge in [0, 0.05) is 61.8 Å². The number of nitrogens with two attached hydrogens (primary N) is 1. The quantitative estimate of drug-likeness (QED) is 0.866. The predicted octanol–water partition coefficient (Wildman–Crippen LogP) is 2.67. The lowest BCUT2D eigenvalue weighted by molar-refractivity contribution is 0.223. The molecule has 2 atom stereocenters. The van der Waals surface area contributed by atoms with Crippen molar-refractivity contribution >= 4 is 5.82 Å². The molecule has 0 saturated carbocycles. The van der Waals surface area contributed by atoms with Crippen molar-refractivity contribution in [2.24, 2.45) is 5.73 Å². The largest absolute Gasteiger partial charge is 0.352 e. The topological polar surface area (TPSA) is 74.1 Å². The van der Waals surface area contributed by atoms with Crippen molar-refractivity contribution < 1.29 is 4.39 Å². The maximum absolute atomic E-state index is 13.5. The third kappa shape index (κ3) is 3.61. The number of nitrogens with one attached hydrogen (secondary N) is 1. The number of nitrogens with zero attached hydrogens (tertiary/aromatic N) is 4. The SMILES string of the molecule is CN1CCN(c2n[nH]c(C3CC=C(F)CC3)c2-c2ccncc2)CC1CN. The third-order valence-electron chi connectivity index (χ3n) is 5.86. The van der Waals surface area contributed by atoms with Gasteiger partial charge in [0.15, 0.2) is 5.82 Å². The highest BCUT2D eigenvalue weighted by Gasteiger charge is 2.30. The van der Waals surface area contributed by atoms with Crippen molar-refractivity contribution in [1.82, 2.24) is 20.1 Å². The molecule has 7 heteroatoms. The molecule has 0 aromatic carbocycles. The monoisotopic (exact) mass is 370 g/mol. The molecule has 144 valence electrons. The van der Waals surface area contributed by atoms with Crippen LogP contribution in [0, 0.1) is 0 Å². The first-order chi connectivity index (χ1) is 13.2. The summed E-state index contributed by atoms with van der Waals surface area (Å²) >= 11 is 0. The summed E-state index contributed by atoms with van der Waals surface area (Å²) in [6, 6.07) is 4.36. The molecule has 6 nitrogen and oxygen atoms in total.